The van der Waals surface area contributed by atoms with Gasteiger partial charge in [0.1, 0.15) is 5.75 Å². The number of ether oxygens (including phenoxy) is 1. The molecule has 15 heavy (non-hydrogen) atoms. The minimum absolute atomic E-state index is 0.382. The average Bonchev–Trinajstić information content (AvgIpc) is 2.74. The van der Waals surface area contributed by atoms with Gasteiger partial charge in [-0.15, -0.1) is 0 Å². The Labute approximate surface area is 95.8 Å². The van der Waals surface area contributed by atoms with E-state index in [9.17, 15) is 0 Å². The van der Waals surface area contributed by atoms with Crippen LogP contribution in [-0.4, -0.2) is 11.1 Å². The van der Waals surface area contributed by atoms with Crippen molar-refractivity contribution in [3.05, 3.63) is 24.0 Å². The van der Waals surface area contributed by atoms with Crippen LogP contribution < -0.4 is 9.46 Å². The van der Waals surface area contributed by atoms with Gasteiger partial charge in [-0.2, -0.15) is 0 Å². The third-order valence-corrected chi connectivity index (χ3v) is 2.85. The van der Waals surface area contributed by atoms with Crippen LogP contribution in [0.2, 0.25) is 0 Å². The second-order valence-electron chi connectivity index (χ2n) is 3.81. The lowest BCUT2D eigenvalue weighted by Crippen LogP contribution is -2.14. The highest BCUT2D eigenvalue weighted by Gasteiger charge is 2.17. The molecular formula is C11H16N2OS. The van der Waals surface area contributed by atoms with Crippen molar-refractivity contribution < 1.29 is 4.74 Å². The summed E-state index contributed by atoms with van der Waals surface area (Å²) < 4.78 is 8.72. The summed E-state index contributed by atoms with van der Waals surface area (Å²) in [4.78, 5) is 4.27. The quantitative estimate of drug-likeness (QED) is 0.770. The number of thiol groups is 1. The molecule has 0 aromatic carbocycles. The molecule has 0 aliphatic heterocycles. The van der Waals surface area contributed by atoms with Crippen LogP contribution in [0.5, 0.6) is 5.75 Å². The van der Waals surface area contributed by atoms with Crippen molar-refractivity contribution in [2.45, 2.75) is 38.3 Å². The van der Waals surface area contributed by atoms with Gasteiger partial charge in [-0.1, -0.05) is 12.8 Å². The largest absolute Gasteiger partial charge is 0.488 e. The number of aromatic nitrogens is 1. The number of rotatable bonds is 4. The molecule has 0 spiro atoms. The molecule has 0 atom stereocenters. The van der Waals surface area contributed by atoms with E-state index >= 15 is 0 Å². The lowest BCUT2D eigenvalue weighted by atomic mass is 10.3. The maximum absolute atomic E-state index is 5.92. The normalized spacial score (nSPS) is 16.9. The second kappa shape index (κ2) is 5.37. The van der Waals surface area contributed by atoms with Gasteiger partial charge in [-0.25, -0.2) is 0 Å². The van der Waals surface area contributed by atoms with E-state index in [1.165, 1.54) is 25.7 Å². The fourth-order valence-electron chi connectivity index (χ4n) is 1.92. The molecular weight excluding hydrogens is 208 g/mol. The van der Waals surface area contributed by atoms with Crippen molar-refractivity contribution in [1.82, 2.24) is 9.71 Å². The van der Waals surface area contributed by atoms with Crippen molar-refractivity contribution in [3.8, 4) is 5.75 Å². The van der Waals surface area contributed by atoms with Gasteiger partial charge in [-0.3, -0.25) is 9.71 Å². The van der Waals surface area contributed by atoms with Gasteiger partial charge in [0.15, 0.2) is 0 Å². The molecule has 1 heterocycles. The summed E-state index contributed by atoms with van der Waals surface area (Å²) in [6.07, 6.45) is 7.07. The van der Waals surface area contributed by atoms with E-state index in [0.29, 0.717) is 12.6 Å². The van der Waals surface area contributed by atoms with Gasteiger partial charge in [0.2, 0.25) is 0 Å². The molecule has 1 N–H and O–H groups in total. The number of pyridine rings is 1. The van der Waals surface area contributed by atoms with Crippen LogP contribution in [0.3, 0.4) is 0 Å². The molecule has 0 unspecified atom stereocenters. The maximum Gasteiger partial charge on any atom is 0.142 e. The highest BCUT2D eigenvalue weighted by molar-refractivity contribution is 7.78. The average molecular weight is 224 g/mol. The minimum Gasteiger partial charge on any atom is -0.488 e. The molecule has 1 aliphatic carbocycles. The maximum atomic E-state index is 5.92. The third-order valence-electron chi connectivity index (χ3n) is 2.69. The van der Waals surface area contributed by atoms with Crippen molar-refractivity contribution in [3.63, 3.8) is 0 Å². The summed E-state index contributed by atoms with van der Waals surface area (Å²) in [7, 11) is 0. The fraction of sp³-hybridized carbons (Fsp3) is 0.545. The fourth-order valence-corrected chi connectivity index (χ4v) is 2.07. The Morgan fingerprint density at radius 3 is 3.00 bits per heavy atom. The highest BCUT2D eigenvalue weighted by Crippen LogP contribution is 2.25. The molecule has 1 saturated carbocycles. The van der Waals surface area contributed by atoms with Crippen molar-refractivity contribution >= 4 is 12.8 Å². The monoisotopic (exact) mass is 224 g/mol. The molecule has 0 bridgehead atoms. The van der Waals surface area contributed by atoms with Gasteiger partial charge in [-0.05, 0) is 37.8 Å². The lowest BCUT2D eigenvalue weighted by molar-refractivity contribution is 0.207. The number of nitrogens with zero attached hydrogens (tertiary/aromatic N) is 1. The van der Waals surface area contributed by atoms with E-state index < -0.39 is 0 Å². The first-order valence-corrected chi connectivity index (χ1v) is 5.82. The van der Waals surface area contributed by atoms with Crippen LogP contribution >= 0.6 is 12.8 Å². The molecule has 2 rings (SSSR count). The Morgan fingerprint density at radius 1 is 1.47 bits per heavy atom. The number of hydrogen-bond acceptors (Lipinski definition) is 4. The van der Waals surface area contributed by atoms with Gasteiger partial charge in [0.05, 0.1) is 18.3 Å². The summed E-state index contributed by atoms with van der Waals surface area (Å²) in [5, 5.41) is 0. The molecule has 1 aromatic heterocycles. The summed E-state index contributed by atoms with van der Waals surface area (Å²) in [5.41, 5.74) is 0.930. The smallest absolute Gasteiger partial charge is 0.142 e. The Bertz CT molecular complexity index is 313. The molecule has 1 aromatic rings. The Morgan fingerprint density at radius 2 is 2.27 bits per heavy atom. The van der Waals surface area contributed by atoms with E-state index in [-0.39, 0.29) is 0 Å². The van der Waals surface area contributed by atoms with Gasteiger partial charge >= 0.3 is 0 Å². The Balaban J connectivity index is 2.05. The molecule has 1 fully saturated rings. The predicted octanol–water partition coefficient (Wildman–Crippen LogP) is 2.34. The first-order valence-electron chi connectivity index (χ1n) is 5.37. The van der Waals surface area contributed by atoms with E-state index in [4.69, 9.17) is 4.74 Å². The van der Waals surface area contributed by atoms with E-state index in [2.05, 4.69) is 22.5 Å². The van der Waals surface area contributed by atoms with Crippen LogP contribution in [0.1, 0.15) is 31.4 Å². The zero-order chi connectivity index (χ0) is 10.5. The van der Waals surface area contributed by atoms with Gasteiger partial charge in [0, 0.05) is 6.20 Å². The van der Waals surface area contributed by atoms with Crippen molar-refractivity contribution in [1.29, 1.82) is 0 Å². The Kier molecular flexibility index (Phi) is 3.86. The van der Waals surface area contributed by atoms with Crippen LogP contribution in [0, 0.1) is 0 Å². The summed E-state index contributed by atoms with van der Waals surface area (Å²) in [6.45, 7) is 0.631. The predicted molar refractivity (Wildman–Crippen MR) is 62.9 cm³/mol. The summed E-state index contributed by atoms with van der Waals surface area (Å²) in [5.74, 6) is 0.894. The molecule has 82 valence electrons. The first kappa shape index (κ1) is 10.8. The third kappa shape index (κ3) is 2.86. The SMILES string of the molecule is SNCc1ncccc1OC1CCCC1. The Hall–Kier alpha value is -0.740. The van der Waals surface area contributed by atoms with Gasteiger partial charge in [0.25, 0.3) is 0 Å². The van der Waals surface area contributed by atoms with Crippen LogP contribution in [0.25, 0.3) is 0 Å². The molecule has 0 saturated heterocycles. The first-order chi connectivity index (χ1) is 7.40. The van der Waals surface area contributed by atoms with Crippen molar-refractivity contribution in [2.75, 3.05) is 0 Å². The standard InChI is InChI=1S/C11H16N2OS/c15-13-8-10-11(6-3-7-12-10)14-9-4-1-2-5-9/h3,6-7,9,13,15H,1-2,4-5,8H2. The topological polar surface area (TPSA) is 34.2 Å². The van der Waals surface area contributed by atoms with E-state index in [1.54, 1.807) is 6.20 Å². The molecule has 4 heteroatoms. The van der Waals surface area contributed by atoms with Crippen molar-refractivity contribution in [2.24, 2.45) is 0 Å². The highest BCUT2D eigenvalue weighted by atomic mass is 32.1. The minimum atomic E-state index is 0.382. The zero-order valence-corrected chi connectivity index (χ0v) is 9.54. The molecule has 0 radical (unpaired) electrons. The number of hydrogen-bond donors (Lipinski definition) is 2. The summed E-state index contributed by atoms with van der Waals surface area (Å²) >= 11 is 3.98. The van der Waals surface area contributed by atoms with E-state index in [0.717, 1.165) is 11.4 Å². The molecule has 3 nitrogen and oxygen atoms in total. The molecule has 1 aliphatic rings. The van der Waals surface area contributed by atoms with Crippen LogP contribution in [-0.2, 0) is 6.54 Å². The van der Waals surface area contributed by atoms with Crippen LogP contribution in [0.15, 0.2) is 18.3 Å². The molecule has 0 amide bonds. The van der Waals surface area contributed by atoms with Crippen LogP contribution in [0.4, 0.5) is 0 Å². The number of nitrogens with one attached hydrogen (secondary N) is 1. The second-order valence-corrected chi connectivity index (χ2v) is 4.12. The van der Waals surface area contributed by atoms with E-state index in [1.807, 2.05) is 12.1 Å². The summed E-state index contributed by atoms with van der Waals surface area (Å²) in [6, 6.07) is 3.89. The lowest BCUT2D eigenvalue weighted by Gasteiger charge is -2.15. The zero-order valence-electron chi connectivity index (χ0n) is 8.65. The van der Waals surface area contributed by atoms with Gasteiger partial charge < -0.3 is 4.74 Å².